The maximum absolute atomic E-state index is 12.3. The number of aromatic nitrogens is 1. The minimum Gasteiger partial charge on any atom is -0.487 e. The topological polar surface area (TPSA) is 51.2 Å². The number of thiophene rings is 1. The predicted octanol–water partition coefficient (Wildman–Crippen LogP) is 5.21. The van der Waals surface area contributed by atoms with E-state index in [1.807, 2.05) is 29.3 Å². The molecule has 0 aliphatic rings. The number of nitrogens with one attached hydrogen (secondary N) is 1. The van der Waals surface area contributed by atoms with Gasteiger partial charge in [0.15, 0.2) is 0 Å². The normalized spacial score (nSPS) is 10.7. The highest BCUT2D eigenvalue weighted by atomic mass is 79.9. The third kappa shape index (κ3) is 6.12. The summed E-state index contributed by atoms with van der Waals surface area (Å²) >= 11 is 8.56. The van der Waals surface area contributed by atoms with Crippen molar-refractivity contribution < 1.29 is 9.53 Å². The summed E-state index contributed by atoms with van der Waals surface area (Å²) in [6.07, 6.45) is 0. The van der Waals surface area contributed by atoms with Gasteiger partial charge in [0, 0.05) is 33.9 Å². The van der Waals surface area contributed by atoms with Gasteiger partial charge in [-0.1, -0.05) is 6.07 Å². The molecule has 8 heteroatoms. The van der Waals surface area contributed by atoms with Crippen molar-refractivity contribution in [2.75, 3.05) is 12.3 Å². The number of halogens is 1. The molecule has 0 spiro atoms. The van der Waals surface area contributed by atoms with E-state index >= 15 is 0 Å². The van der Waals surface area contributed by atoms with Crippen LogP contribution in [0.5, 0.6) is 5.75 Å². The Morgan fingerprint density at radius 1 is 1.31 bits per heavy atom. The van der Waals surface area contributed by atoms with Gasteiger partial charge in [-0.05, 0) is 46.3 Å². The largest absolute Gasteiger partial charge is 0.487 e. The van der Waals surface area contributed by atoms with Crippen LogP contribution in [0.15, 0.2) is 51.1 Å². The van der Waals surface area contributed by atoms with Crippen molar-refractivity contribution >= 4 is 56.3 Å². The fourth-order valence-electron chi connectivity index (χ4n) is 2.13. The summed E-state index contributed by atoms with van der Waals surface area (Å²) < 4.78 is 6.84. The molecule has 0 fully saturated rings. The second-order valence-corrected chi connectivity index (χ2v) is 9.68. The molecule has 2 aromatic heterocycles. The van der Waals surface area contributed by atoms with E-state index in [0.717, 1.165) is 21.0 Å². The maximum atomic E-state index is 12.3. The average molecular weight is 469 g/mol. The Kier molecular flexibility index (Phi) is 7.55. The summed E-state index contributed by atoms with van der Waals surface area (Å²) in [7, 11) is 0. The molecule has 0 aliphatic carbocycles. The van der Waals surface area contributed by atoms with E-state index < -0.39 is 0 Å². The van der Waals surface area contributed by atoms with Crippen LogP contribution in [-0.4, -0.2) is 23.2 Å². The average Bonchev–Trinajstić information content (AvgIpc) is 3.31. The van der Waals surface area contributed by atoms with Crippen molar-refractivity contribution in [3.05, 3.63) is 67.2 Å². The van der Waals surface area contributed by atoms with Crippen molar-refractivity contribution in [3.63, 3.8) is 0 Å². The zero-order chi connectivity index (χ0) is 18.2. The molecule has 4 nitrogen and oxygen atoms in total. The highest BCUT2D eigenvalue weighted by Crippen LogP contribution is 2.25. The van der Waals surface area contributed by atoms with Crippen LogP contribution in [0.3, 0.4) is 0 Å². The van der Waals surface area contributed by atoms with Crippen LogP contribution in [0, 0.1) is 0 Å². The summed E-state index contributed by atoms with van der Waals surface area (Å²) in [5, 5.41) is 4.90. The van der Waals surface area contributed by atoms with Crippen LogP contribution in [0.1, 0.15) is 20.9 Å². The van der Waals surface area contributed by atoms with E-state index in [0.29, 0.717) is 24.5 Å². The lowest BCUT2D eigenvalue weighted by atomic mass is 10.2. The quantitative estimate of drug-likeness (QED) is 0.437. The summed E-state index contributed by atoms with van der Waals surface area (Å²) in [4.78, 5) is 17.8. The number of hydrogen-bond donors (Lipinski definition) is 1. The fourth-order valence-corrected chi connectivity index (χ4v) is 5.13. The van der Waals surface area contributed by atoms with Gasteiger partial charge < -0.3 is 10.1 Å². The Bertz CT molecular complexity index is 837. The Labute approximate surface area is 173 Å². The molecule has 3 aromatic rings. The zero-order valence-corrected chi connectivity index (χ0v) is 17.8. The van der Waals surface area contributed by atoms with E-state index in [9.17, 15) is 4.79 Å². The summed E-state index contributed by atoms with van der Waals surface area (Å²) in [5.41, 5.74) is 3.27. The van der Waals surface area contributed by atoms with Crippen molar-refractivity contribution in [3.8, 4) is 5.75 Å². The maximum Gasteiger partial charge on any atom is 0.251 e. The van der Waals surface area contributed by atoms with Gasteiger partial charge in [-0.3, -0.25) is 4.79 Å². The molecule has 2 heterocycles. The number of carbonyl (C=O) groups excluding carboxylic acids is 1. The summed E-state index contributed by atoms with van der Waals surface area (Å²) in [6, 6.07) is 11.4. The molecule has 26 heavy (non-hydrogen) atoms. The number of thiazole rings is 1. The second kappa shape index (κ2) is 10.1. The standard InChI is InChI=1S/C18H17BrN2O2S3/c19-17-5-4-16(26-17)11-24-7-6-20-18(22)13-2-1-3-15(8-13)23-9-14-10-25-12-21-14/h1-5,8,10,12H,6-7,9,11H2,(H,20,22). The van der Waals surface area contributed by atoms with E-state index in [2.05, 4.69) is 38.4 Å². The number of hydrogen-bond acceptors (Lipinski definition) is 6. The molecule has 0 unspecified atom stereocenters. The van der Waals surface area contributed by atoms with Crippen LogP contribution in [0.4, 0.5) is 0 Å². The number of benzene rings is 1. The molecular weight excluding hydrogens is 452 g/mol. The molecule has 0 saturated carbocycles. The number of carbonyl (C=O) groups is 1. The van der Waals surface area contributed by atoms with Gasteiger partial charge in [0.05, 0.1) is 15.0 Å². The van der Waals surface area contributed by atoms with Crippen molar-refractivity contribution in [2.24, 2.45) is 0 Å². The Balaban J connectivity index is 1.40. The van der Waals surface area contributed by atoms with Gasteiger partial charge in [0.1, 0.15) is 12.4 Å². The van der Waals surface area contributed by atoms with Crippen molar-refractivity contribution in [2.45, 2.75) is 12.4 Å². The monoisotopic (exact) mass is 468 g/mol. The SMILES string of the molecule is O=C(NCCSCc1ccc(Br)s1)c1cccc(OCc2cscn2)c1. The minimum absolute atomic E-state index is 0.0800. The van der Waals surface area contributed by atoms with Crippen LogP contribution in [0.2, 0.25) is 0 Å². The third-order valence-electron chi connectivity index (χ3n) is 3.37. The van der Waals surface area contributed by atoms with Gasteiger partial charge in [-0.25, -0.2) is 4.98 Å². The first-order valence-corrected chi connectivity index (χ1v) is 11.6. The van der Waals surface area contributed by atoms with Gasteiger partial charge >= 0.3 is 0 Å². The van der Waals surface area contributed by atoms with Crippen LogP contribution >= 0.6 is 50.4 Å². The van der Waals surface area contributed by atoms with E-state index in [1.165, 1.54) is 16.2 Å². The predicted molar refractivity (Wildman–Crippen MR) is 113 cm³/mol. The number of thioether (sulfide) groups is 1. The molecule has 1 N–H and O–H groups in total. The first kappa shape index (κ1) is 19.4. The van der Waals surface area contributed by atoms with Crippen LogP contribution in [0.25, 0.3) is 0 Å². The van der Waals surface area contributed by atoms with Crippen LogP contribution < -0.4 is 10.1 Å². The van der Waals surface area contributed by atoms with E-state index in [4.69, 9.17) is 4.74 Å². The minimum atomic E-state index is -0.0800. The number of ether oxygens (including phenoxy) is 1. The Hall–Kier alpha value is -1.35. The van der Waals surface area contributed by atoms with Crippen LogP contribution in [-0.2, 0) is 12.4 Å². The lowest BCUT2D eigenvalue weighted by Gasteiger charge is -2.08. The lowest BCUT2D eigenvalue weighted by Crippen LogP contribution is -2.25. The van der Waals surface area contributed by atoms with Gasteiger partial charge in [0.2, 0.25) is 0 Å². The van der Waals surface area contributed by atoms with Gasteiger partial charge in [0.25, 0.3) is 5.91 Å². The summed E-state index contributed by atoms with van der Waals surface area (Å²) in [5.74, 6) is 2.43. The summed E-state index contributed by atoms with van der Waals surface area (Å²) in [6.45, 7) is 1.05. The first-order valence-electron chi connectivity index (χ1n) is 7.91. The molecule has 0 radical (unpaired) electrons. The molecule has 0 bridgehead atoms. The van der Waals surface area contributed by atoms with E-state index in [-0.39, 0.29) is 5.91 Å². The molecule has 0 atom stereocenters. The third-order valence-corrected chi connectivity index (χ3v) is 6.82. The molecule has 1 aromatic carbocycles. The fraction of sp³-hybridized carbons (Fsp3) is 0.222. The van der Waals surface area contributed by atoms with Gasteiger partial charge in [-0.2, -0.15) is 11.8 Å². The number of amides is 1. The van der Waals surface area contributed by atoms with E-state index in [1.54, 1.807) is 29.0 Å². The Morgan fingerprint density at radius 2 is 2.23 bits per heavy atom. The molecule has 1 amide bonds. The molecular formula is C18H17BrN2O2S3. The smallest absolute Gasteiger partial charge is 0.251 e. The van der Waals surface area contributed by atoms with Crippen molar-refractivity contribution in [1.82, 2.24) is 10.3 Å². The molecule has 136 valence electrons. The Morgan fingerprint density at radius 3 is 3.00 bits per heavy atom. The van der Waals surface area contributed by atoms with Crippen molar-refractivity contribution in [1.29, 1.82) is 0 Å². The second-order valence-electron chi connectivity index (χ2n) is 5.31. The molecule has 3 rings (SSSR count). The number of rotatable bonds is 9. The highest BCUT2D eigenvalue weighted by Gasteiger charge is 2.07. The lowest BCUT2D eigenvalue weighted by molar-refractivity contribution is 0.0955. The van der Waals surface area contributed by atoms with Gasteiger partial charge in [-0.15, -0.1) is 22.7 Å². The number of nitrogens with zero attached hydrogens (tertiary/aromatic N) is 1. The molecule has 0 saturated heterocycles. The molecule has 0 aliphatic heterocycles. The first-order chi connectivity index (χ1) is 12.7. The highest BCUT2D eigenvalue weighted by molar-refractivity contribution is 9.11. The zero-order valence-electron chi connectivity index (χ0n) is 13.8.